The van der Waals surface area contributed by atoms with Gasteiger partial charge in [0.1, 0.15) is 0 Å². The second kappa shape index (κ2) is 4.46. The molecule has 5 nitrogen and oxygen atoms in total. The van der Waals surface area contributed by atoms with E-state index in [4.69, 9.17) is 5.73 Å². The normalized spacial score (nSPS) is 12.2. The molecule has 0 fully saturated rings. The van der Waals surface area contributed by atoms with Crippen molar-refractivity contribution in [2.45, 2.75) is 24.3 Å². The number of carbonyl (C=O) groups excluding carboxylic acids is 1. The van der Waals surface area contributed by atoms with Gasteiger partial charge in [0.2, 0.25) is 5.91 Å². The van der Waals surface area contributed by atoms with Crippen LogP contribution in [0.2, 0.25) is 0 Å². The average Bonchev–Trinajstić information content (AvgIpc) is 2.15. The molecule has 0 unspecified atom stereocenters. The van der Waals surface area contributed by atoms with E-state index in [9.17, 15) is 13.2 Å². The van der Waals surface area contributed by atoms with E-state index in [1.807, 2.05) is 0 Å². The number of sulfone groups is 1. The Morgan fingerprint density at radius 2 is 1.71 bits per heavy atom. The Balaban J connectivity index is 2.87. The molecule has 0 aromatic heterocycles. The highest BCUT2D eigenvalue weighted by Gasteiger charge is 2.21. The van der Waals surface area contributed by atoms with Gasteiger partial charge in [-0.3, -0.25) is 4.79 Å². The van der Waals surface area contributed by atoms with Gasteiger partial charge in [0.05, 0.1) is 10.4 Å². The predicted molar refractivity (Wildman–Crippen MR) is 66.4 cm³/mol. The van der Waals surface area contributed by atoms with Crippen molar-refractivity contribution < 1.29 is 13.2 Å². The van der Waals surface area contributed by atoms with Crippen molar-refractivity contribution in [3.63, 3.8) is 0 Å². The van der Waals surface area contributed by atoms with Crippen molar-refractivity contribution in [3.8, 4) is 0 Å². The summed E-state index contributed by atoms with van der Waals surface area (Å²) in [4.78, 5) is 11.8. The maximum Gasteiger partial charge on any atom is 0.243 e. The highest BCUT2D eigenvalue weighted by molar-refractivity contribution is 7.90. The van der Waals surface area contributed by atoms with Crippen LogP contribution in [0.5, 0.6) is 0 Å². The second-order valence-electron chi connectivity index (χ2n) is 4.47. The molecule has 0 aliphatic heterocycles. The zero-order chi connectivity index (χ0) is 13.3. The van der Waals surface area contributed by atoms with Gasteiger partial charge in [-0.25, -0.2) is 8.42 Å². The molecule has 17 heavy (non-hydrogen) atoms. The number of anilines is 1. The average molecular weight is 256 g/mol. The molecule has 0 aliphatic rings. The highest BCUT2D eigenvalue weighted by Crippen LogP contribution is 2.14. The SMILES string of the molecule is CC(C)(N)C(=O)Nc1ccc(S(C)(=O)=O)cc1. The molecule has 3 N–H and O–H groups in total. The van der Waals surface area contributed by atoms with Crippen molar-refractivity contribution in [2.75, 3.05) is 11.6 Å². The lowest BCUT2D eigenvalue weighted by atomic mass is 10.1. The van der Waals surface area contributed by atoms with Gasteiger partial charge in [-0.15, -0.1) is 0 Å². The van der Waals surface area contributed by atoms with Crippen molar-refractivity contribution in [2.24, 2.45) is 5.73 Å². The molecule has 0 spiro atoms. The van der Waals surface area contributed by atoms with Gasteiger partial charge in [0, 0.05) is 11.9 Å². The van der Waals surface area contributed by atoms with Crippen LogP contribution in [0, 0.1) is 0 Å². The molecule has 1 amide bonds. The van der Waals surface area contributed by atoms with E-state index in [0.29, 0.717) is 5.69 Å². The molecule has 1 aromatic rings. The van der Waals surface area contributed by atoms with E-state index >= 15 is 0 Å². The summed E-state index contributed by atoms with van der Waals surface area (Å²) in [7, 11) is -3.21. The second-order valence-corrected chi connectivity index (χ2v) is 6.49. The summed E-state index contributed by atoms with van der Waals surface area (Å²) in [6, 6.07) is 5.93. The summed E-state index contributed by atoms with van der Waals surface area (Å²) < 4.78 is 22.4. The summed E-state index contributed by atoms with van der Waals surface area (Å²) in [6.45, 7) is 3.18. The van der Waals surface area contributed by atoms with Gasteiger partial charge in [-0.2, -0.15) is 0 Å². The Bertz CT molecular complexity index is 513. The van der Waals surface area contributed by atoms with Crippen LogP contribution in [-0.4, -0.2) is 26.1 Å². The van der Waals surface area contributed by atoms with Crippen LogP contribution in [0.3, 0.4) is 0 Å². The van der Waals surface area contributed by atoms with E-state index in [2.05, 4.69) is 5.32 Å². The number of hydrogen-bond acceptors (Lipinski definition) is 4. The van der Waals surface area contributed by atoms with Crippen molar-refractivity contribution >= 4 is 21.4 Å². The smallest absolute Gasteiger partial charge is 0.243 e. The minimum absolute atomic E-state index is 0.211. The third-order valence-corrected chi connectivity index (χ3v) is 3.25. The van der Waals surface area contributed by atoms with Gasteiger partial charge in [-0.1, -0.05) is 0 Å². The number of benzene rings is 1. The Labute approximate surface area is 101 Å². The quantitative estimate of drug-likeness (QED) is 0.835. The number of amides is 1. The first-order chi connectivity index (χ1) is 7.60. The number of rotatable bonds is 3. The van der Waals surface area contributed by atoms with Crippen molar-refractivity contribution in [1.82, 2.24) is 0 Å². The van der Waals surface area contributed by atoms with E-state index in [1.54, 1.807) is 13.8 Å². The summed E-state index contributed by atoms with van der Waals surface area (Å²) in [5, 5.41) is 2.60. The Hall–Kier alpha value is -1.40. The number of nitrogens with one attached hydrogen (secondary N) is 1. The molecule has 0 aliphatic carbocycles. The molecule has 1 rings (SSSR count). The summed E-state index contributed by atoms with van der Waals surface area (Å²) in [5.74, 6) is -0.329. The number of hydrogen-bond donors (Lipinski definition) is 2. The minimum atomic E-state index is -3.21. The van der Waals surface area contributed by atoms with Gasteiger partial charge in [0.15, 0.2) is 9.84 Å². The van der Waals surface area contributed by atoms with Crippen LogP contribution in [0.1, 0.15) is 13.8 Å². The van der Waals surface area contributed by atoms with Crippen molar-refractivity contribution in [1.29, 1.82) is 0 Å². The Kier molecular flexibility index (Phi) is 3.59. The third-order valence-electron chi connectivity index (χ3n) is 2.13. The first-order valence-corrected chi connectivity index (χ1v) is 6.90. The molecule has 0 bridgehead atoms. The molecule has 0 atom stereocenters. The highest BCUT2D eigenvalue weighted by atomic mass is 32.2. The van der Waals surface area contributed by atoms with E-state index in [-0.39, 0.29) is 10.8 Å². The number of carbonyl (C=O) groups is 1. The fourth-order valence-corrected chi connectivity index (χ4v) is 1.71. The molecule has 0 heterocycles. The van der Waals surface area contributed by atoms with Gasteiger partial charge in [-0.05, 0) is 38.1 Å². The molecule has 0 saturated carbocycles. The standard InChI is InChI=1S/C11H16N2O3S/c1-11(2,12)10(14)13-8-4-6-9(7-5-8)17(3,15)16/h4-7H,12H2,1-3H3,(H,13,14). The maximum absolute atomic E-state index is 11.6. The molecule has 1 aromatic carbocycles. The predicted octanol–water partition coefficient (Wildman–Crippen LogP) is 0.766. The first kappa shape index (κ1) is 13.7. The minimum Gasteiger partial charge on any atom is -0.325 e. The van der Waals surface area contributed by atoms with Crippen LogP contribution < -0.4 is 11.1 Å². The largest absolute Gasteiger partial charge is 0.325 e. The van der Waals surface area contributed by atoms with Crippen LogP contribution in [0.15, 0.2) is 29.2 Å². The van der Waals surface area contributed by atoms with Crippen LogP contribution in [0.4, 0.5) is 5.69 Å². The maximum atomic E-state index is 11.6. The van der Waals surface area contributed by atoms with Gasteiger partial charge in [0.25, 0.3) is 0 Å². The zero-order valence-corrected chi connectivity index (χ0v) is 10.8. The summed E-state index contributed by atoms with van der Waals surface area (Å²) in [5.41, 5.74) is 5.16. The Morgan fingerprint density at radius 1 is 1.24 bits per heavy atom. The molecular formula is C11H16N2O3S. The van der Waals surface area contributed by atoms with E-state index in [0.717, 1.165) is 6.26 Å². The van der Waals surface area contributed by atoms with Crippen LogP contribution in [0.25, 0.3) is 0 Å². The molecule has 6 heteroatoms. The fourth-order valence-electron chi connectivity index (χ4n) is 1.08. The van der Waals surface area contributed by atoms with Crippen LogP contribution in [-0.2, 0) is 14.6 Å². The van der Waals surface area contributed by atoms with Gasteiger partial charge >= 0.3 is 0 Å². The lowest BCUT2D eigenvalue weighted by Gasteiger charge is -2.17. The third kappa shape index (κ3) is 3.83. The summed E-state index contributed by atoms with van der Waals surface area (Å²) >= 11 is 0. The zero-order valence-electron chi connectivity index (χ0n) is 10.0. The lowest BCUT2D eigenvalue weighted by Crippen LogP contribution is -2.45. The van der Waals surface area contributed by atoms with Crippen molar-refractivity contribution in [3.05, 3.63) is 24.3 Å². The van der Waals surface area contributed by atoms with Gasteiger partial charge < -0.3 is 11.1 Å². The molecular weight excluding hydrogens is 240 g/mol. The number of nitrogens with two attached hydrogens (primary N) is 1. The fraction of sp³-hybridized carbons (Fsp3) is 0.364. The summed E-state index contributed by atoms with van der Waals surface area (Å²) in [6.07, 6.45) is 1.13. The lowest BCUT2D eigenvalue weighted by molar-refractivity contribution is -0.120. The molecule has 94 valence electrons. The molecule has 0 saturated heterocycles. The van der Waals surface area contributed by atoms with Crippen LogP contribution >= 0.6 is 0 Å². The Morgan fingerprint density at radius 3 is 2.06 bits per heavy atom. The van der Waals surface area contributed by atoms with E-state index < -0.39 is 15.4 Å². The molecule has 0 radical (unpaired) electrons. The topological polar surface area (TPSA) is 89.3 Å². The van der Waals surface area contributed by atoms with E-state index in [1.165, 1.54) is 24.3 Å². The monoisotopic (exact) mass is 256 g/mol. The first-order valence-electron chi connectivity index (χ1n) is 5.01.